The number of aryl methyl sites for hydroxylation is 2. The topological polar surface area (TPSA) is 54.0 Å². The summed E-state index contributed by atoms with van der Waals surface area (Å²) in [5, 5.41) is 6.28. The minimum absolute atomic E-state index is 0.136. The number of carbonyl (C=O) groups excluding carboxylic acids is 1. The van der Waals surface area contributed by atoms with Gasteiger partial charge in [0, 0.05) is 24.6 Å². The Bertz CT molecular complexity index is 667. The van der Waals surface area contributed by atoms with Crippen LogP contribution in [0.25, 0.3) is 0 Å². The zero-order chi connectivity index (χ0) is 16.7. The van der Waals surface area contributed by atoms with Gasteiger partial charge in [-0.05, 0) is 43.5 Å². The Morgan fingerprint density at radius 1 is 1.13 bits per heavy atom. The monoisotopic (exact) mass is 311 g/mol. The molecule has 4 nitrogen and oxygen atoms in total. The largest absolute Gasteiger partial charge is 0.384 e. The van der Waals surface area contributed by atoms with Gasteiger partial charge >= 0.3 is 0 Å². The molecule has 4 heteroatoms. The van der Waals surface area contributed by atoms with Crippen molar-refractivity contribution in [2.24, 2.45) is 0 Å². The summed E-state index contributed by atoms with van der Waals surface area (Å²) in [6.45, 7) is 7.08. The van der Waals surface area contributed by atoms with E-state index in [1.165, 1.54) is 12.8 Å². The van der Waals surface area contributed by atoms with Crippen LogP contribution in [0.4, 0.5) is 11.4 Å². The van der Waals surface area contributed by atoms with Gasteiger partial charge in [0.05, 0.1) is 11.3 Å². The van der Waals surface area contributed by atoms with Crippen LogP contribution in [0.5, 0.6) is 0 Å². The van der Waals surface area contributed by atoms with Crippen molar-refractivity contribution in [1.29, 1.82) is 0 Å². The molecule has 0 spiro atoms. The lowest BCUT2D eigenvalue weighted by molar-refractivity contribution is 0.102. The molecular weight excluding hydrogens is 286 g/mol. The summed E-state index contributed by atoms with van der Waals surface area (Å²) in [5.74, 6) is -0.136. The zero-order valence-electron chi connectivity index (χ0n) is 14.1. The van der Waals surface area contributed by atoms with Crippen molar-refractivity contribution in [2.75, 3.05) is 17.2 Å². The van der Waals surface area contributed by atoms with Gasteiger partial charge in [-0.1, -0.05) is 31.9 Å². The van der Waals surface area contributed by atoms with Crippen molar-refractivity contribution < 1.29 is 4.79 Å². The van der Waals surface area contributed by atoms with E-state index < -0.39 is 0 Å². The van der Waals surface area contributed by atoms with Gasteiger partial charge in [0.2, 0.25) is 0 Å². The van der Waals surface area contributed by atoms with E-state index in [2.05, 4.69) is 22.5 Å². The van der Waals surface area contributed by atoms with E-state index in [4.69, 9.17) is 0 Å². The summed E-state index contributed by atoms with van der Waals surface area (Å²) in [6, 6.07) is 7.87. The molecule has 0 saturated carbocycles. The number of hydrogen-bond donors (Lipinski definition) is 2. The normalized spacial score (nSPS) is 10.4. The Labute approximate surface area is 138 Å². The van der Waals surface area contributed by atoms with Crippen molar-refractivity contribution in [1.82, 2.24) is 4.98 Å². The van der Waals surface area contributed by atoms with E-state index in [0.717, 1.165) is 35.5 Å². The average Bonchev–Trinajstić information content (AvgIpc) is 2.55. The van der Waals surface area contributed by atoms with Gasteiger partial charge in [0.25, 0.3) is 5.91 Å². The number of nitrogens with zero attached hydrogens (tertiary/aromatic N) is 1. The van der Waals surface area contributed by atoms with E-state index in [1.54, 1.807) is 12.4 Å². The minimum atomic E-state index is -0.136. The van der Waals surface area contributed by atoms with Crippen molar-refractivity contribution in [3.63, 3.8) is 0 Å². The first kappa shape index (κ1) is 17.0. The van der Waals surface area contributed by atoms with Crippen molar-refractivity contribution in [2.45, 2.75) is 40.0 Å². The minimum Gasteiger partial charge on any atom is -0.384 e. The van der Waals surface area contributed by atoms with Gasteiger partial charge in [-0.3, -0.25) is 9.78 Å². The van der Waals surface area contributed by atoms with Gasteiger partial charge < -0.3 is 10.6 Å². The van der Waals surface area contributed by atoms with Crippen LogP contribution in [0.15, 0.2) is 36.7 Å². The molecule has 1 amide bonds. The number of rotatable bonds is 7. The van der Waals surface area contributed by atoms with Crippen LogP contribution in [-0.2, 0) is 0 Å². The highest BCUT2D eigenvalue weighted by molar-refractivity contribution is 6.05. The number of anilines is 2. The molecule has 1 heterocycles. The molecule has 0 aliphatic heterocycles. The second-order valence-corrected chi connectivity index (χ2v) is 5.87. The van der Waals surface area contributed by atoms with Crippen molar-refractivity contribution >= 4 is 17.3 Å². The third-order valence-corrected chi connectivity index (χ3v) is 3.75. The molecule has 23 heavy (non-hydrogen) atoms. The molecule has 0 atom stereocenters. The molecule has 0 saturated heterocycles. The SMILES string of the molecule is CCCCCNc1cncc(C(=O)Nc2cc(C)ccc2C)c1. The summed E-state index contributed by atoms with van der Waals surface area (Å²) < 4.78 is 0. The van der Waals surface area contributed by atoms with E-state index in [0.29, 0.717) is 5.56 Å². The number of nitrogens with one attached hydrogen (secondary N) is 2. The molecular formula is C19H25N3O. The third-order valence-electron chi connectivity index (χ3n) is 3.75. The Morgan fingerprint density at radius 2 is 1.96 bits per heavy atom. The summed E-state index contributed by atoms with van der Waals surface area (Å²) in [4.78, 5) is 16.6. The van der Waals surface area contributed by atoms with Gasteiger partial charge in [-0.2, -0.15) is 0 Å². The van der Waals surface area contributed by atoms with Crippen LogP contribution in [0.1, 0.15) is 47.7 Å². The molecule has 0 unspecified atom stereocenters. The second kappa shape index (κ2) is 8.32. The summed E-state index contributed by atoms with van der Waals surface area (Å²) >= 11 is 0. The lowest BCUT2D eigenvalue weighted by Gasteiger charge is -2.10. The number of hydrogen-bond acceptors (Lipinski definition) is 3. The lowest BCUT2D eigenvalue weighted by Crippen LogP contribution is -2.14. The smallest absolute Gasteiger partial charge is 0.257 e. The summed E-state index contributed by atoms with van der Waals surface area (Å²) in [5.41, 5.74) is 4.46. The highest BCUT2D eigenvalue weighted by Gasteiger charge is 2.09. The van der Waals surface area contributed by atoms with E-state index >= 15 is 0 Å². The predicted molar refractivity (Wildman–Crippen MR) is 96.1 cm³/mol. The molecule has 122 valence electrons. The number of pyridine rings is 1. The molecule has 0 fully saturated rings. The predicted octanol–water partition coefficient (Wildman–Crippen LogP) is 4.55. The van der Waals surface area contributed by atoms with Crippen LogP contribution in [0.3, 0.4) is 0 Å². The molecule has 1 aromatic carbocycles. The Balaban J connectivity index is 2.03. The molecule has 2 rings (SSSR count). The quantitative estimate of drug-likeness (QED) is 0.737. The fraction of sp³-hybridized carbons (Fsp3) is 0.368. The van der Waals surface area contributed by atoms with E-state index in [1.807, 2.05) is 38.1 Å². The molecule has 2 N–H and O–H groups in total. The molecule has 0 radical (unpaired) electrons. The zero-order valence-corrected chi connectivity index (χ0v) is 14.1. The fourth-order valence-electron chi connectivity index (χ4n) is 2.33. The van der Waals surface area contributed by atoms with Crippen molar-refractivity contribution in [3.05, 3.63) is 53.3 Å². The van der Waals surface area contributed by atoms with Crippen LogP contribution in [0.2, 0.25) is 0 Å². The Kier molecular flexibility index (Phi) is 6.15. The molecule has 0 aliphatic carbocycles. The Hall–Kier alpha value is -2.36. The number of unbranched alkanes of at least 4 members (excludes halogenated alkanes) is 2. The fourth-order valence-corrected chi connectivity index (χ4v) is 2.33. The highest BCUT2D eigenvalue weighted by atomic mass is 16.1. The maximum atomic E-state index is 12.4. The van der Waals surface area contributed by atoms with Gasteiger partial charge in [0.1, 0.15) is 0 Å². The van der Waals surface area contributed by atoms with Gasteiger partial charge in [0.15, 0.2) is 0 Å². The van der Waals surface area contributed by atoms with Gasteiger partial charge in [-0.15, -0.1) is 0 Å². The molecule has 1 aromatic heterocycles. The molecule has 0 aliphatic rings. The number of aromatic nitrogens is 1. The van der Waals surface area contributed by atoms with Crippen LogP contribution >= 0.6 is 0 Å². The first-order valence-electron chi connectivity index (χ1n) is 8.17. The summed E-state index contributed by atoms with van der Waals surface area (Å²) in [6.07, 6.45) is 6.86. The van der Waals surface area contributed by atoms with E-state index in [-0.39, 0.29) is 5.91 Å². The van der Waals surface area contributed by atoms with Crippen molar-refractivity contribution in [3.8, 4) is 0 Å². The first-order chi connectivity index (χ1) is 11.1. The number of amides is 1. The standard InChI is InChI=1S/C19H25N3O/c1-4-5-6-9-21-17-11-16(12-20-13-17)19(23)22-18-10-14(2)7-8-15(18)3/h7-8,10-13,21H,4-6,9H2,1-3H3,(H,22,23). The van der Waals surface area contributed by atoms with Crippen LogP contribution in [-0.4, -0.2) is 17.4 Å². The van der Waals surface area contributed by atoms with E-state index in [9.17, 15) is 4.79 Å². The number of benzene rings is 1. The average molecular weight is 311 g/mol. The third kappa shape index (κ3) is 5.09. The highest BCUT2D eigenvalue weighted by Crippen LogP contribution is 2.18. The lowest BCUT2D eigenvalue weighted by atomic mass is 10.1. The molecule has 2 aromatic rings. The first-order valence-corrected chi connectivity index (χ1v) is 8.17. The number of carbonyl (C=O) groups is 1. The maximum Gasteiger partial charge on any atom is 0.257 e. The molecule has 0 bridgehead atoms. The summed E-state index contributed by atoms with van der Waals surface area (Å²) in [7, 11) is 0. The maximum absolute atomic E-state index is 12.4. The Morgan fingerprint density at radius 3 is 2.74 bits per heavy atom. The van der Waals surface area contributed by atoms with Crippen LogP contribution in [0, 0.1) is 13.8 Å². The second-order valence-electron chi connectivity index (χ2n) is 5.87. The van der Waals surface area contributed by atoms with Gasteiger partial charge in [-0.25, -0.2) is 0 Å². The van der Waals surface area contributed by atoms with Crippen LogP contribution < -0.4 is 10.6 Å².